The van der Waals surface area contributed by atoms with E-state index in [1.54, 1.807) is 17.0 Å². The van der Waals surface area contributed by atoms with Crippen LogP contribution in [0.5, 0.6) is 11.5 Å². The molecule has 0 aliphatic carbocycles. The highest BCUT2D eigenvalue weighted by atomic mass is 16.5. The molecule has 174 valence electrons. The molecule has 8 heteroatoms. The van der Waals surface area contributed by atoms with Crippen LogP contribution in [0.1, 0.15) is 40.0 Å². The molecule has 2 aliphatic rings. The highest BCUT2D eigenvalue weighted by Crippen LogP contribution is 2.32. The van der Waals surface area contributed by atoms with E-state index >= 15 is 0 Å². The summed E-state index contributed by atoms with van der Waals surface area (Å²) in [6, 6.07) is 9.39. The molecule has 0 spiro atoms. The van der Waals surface area contributed by atoms with Crippen LogP contribution in [0, 0.1) is 0 Å². The van der Waals surface area contributed by atoms with E-state index in [4.69, 9.17) is 4.74 Å². The normalized spacial score (nSPS) is 16.2. The average molecular weight is 450 g/mol. The molecule has 1 saturated heterocycles. The number of H-pyrrole nitrogens is 1. The van der Waals surface area contributed by atoms with E-state index in [-0.39, 0.29) is 11.7 Å². The first-order valence-electron chi connectivity index (χ1n) is 11.6. The molecule has 5 rings (SSSR count). The maximum atomic E-state index is 13.4. The van der Waals surface area contributed by atoms with Gasteiger partial charge in [0.05, 0.1) is 16.8 Å². The molecule has 0 radical (unpaired) electrons. The monoisotopic (exact) mass is 449 g/mol. The zero-order chi connectivity index (χ0) is 22.9. The number of rotatable bonds is 7. The Balaban J connectivity index is 1.33. The number of nitrogens with one attached hydrogen (secondary N) is 1. The highest BCUT2D eigenvalue weighted by Gasteiger charge is 2.27. The number of carbonyl (C=O) groups is 1. The molecular weight excluding hydrogens is 418 g/mol. The van der Waals surface area contributed by atoms with Crippen molar-refractivity contribution in [3.8, 4) is 11.5 Å². The first-order valence-corrected chi connectivity index (χ1v) is 11.6. The van der Waals surface area contributed by atoms with E-state index in [9.17, 15) is 9.90 Å². The Morgan fingerprint density at radius 1 is 1.15 bits per heavy atom. The number of aromatic amines is 1. The summed E-state index contributed by atoms with van der Waals surface area (Å²) >= 11 is 0. The predicted molar refractivity (Wildman–Crippen MR) is 126 cm³/mol. The Morgan fingerprint density at radius 3 is 2.73 bits per heavy atom. The van der Waals surface area contributed by atoms with Gasteiger partial charge in [-0.25, -0.2) is 0 Å². The molecule has 0 atom stereocenters. The molecule has 33 heavy (non-hydrogen) atoms. The van der Waals surface area contributed by atoms with E-state index in [1.807, 2.05) is 32.3 Å². The fourth-order valence-corrected chi connectivity index (χ4v) is 4.68. The number of aromatic nitrogens is 2. The third kappa shape index (κ3) is 4.54. The van der Waals surface area contributed by atoms with Crippen molar-refractivity contribution in [1.29, 1.82) is 0 Å². The minimum atomic E-state index is -0.172. The summed E-state index contributed by atoms with van der Waals surface area (Å²) in [6.07, 6.45) is 2.43. The third-order valence-electron chi connectivity index (χ3n) is 6.56. The largest absolute Gasteiger partial charge is 0.507 e. The quantitative estimate of drug-likeness (QED) is 0.577. The number of likely N-dealkylation sites (tertiary alicyclic amines) is 1. The Bertz CT molecular complexity index is 1170. The minimum Gasteiger partial charge on any atom is -0.507 e. The van der Waals surface area contributed by atoms with Crippen molar-refractivity contribution in [3.05, 3.63) is 52.7 Å². The van der Waals surface area contributed by atoms with Gasteiger partial charge in [0.2, 0.25) is 0 Å². The van der Waals surface area contributed by atoms with Crippen LogP contribution in [-0.4, -0.2) is 76.2 Å². The van der Waals surface area contributed by atoms with E-state index in [0.717, 1.165) is 54.1 Å². The molecule has 3 heterocycles. The van der Waals surface area contributed by atoms with Crippen LogP contribution in [0.4, 0.5) is 0 Å². The lowest BCUT2D eigenvalue weighted by atomic mass is 10.1. The minimum absolute atomic E-state index is 0.0320. The Morgan fingerprint density at radius 2 is 1.94 bits per heavy atom. The lowest BCUT2D eigenvalue weighted by Crippen LogP contribution is -2.25. The lowest BCUT2D eigenvalue weighted by Gasteiger charge is -2.17. The predicted octanol–water partition coefficient (Wildman–Crippen LogP) is 2.96. The van der Waals surface area contributed by atoms with Crippen molar-refractivity contribution in [1.82, 2.24) is 24.9 Å². The van der Waals surface area contributed by atoms with Crippen molar-refractivity contribution in [3.63, 3.8) is 0 Å². The fraction of sp³-hybridized carbons (Fsp3) is 0.440. The molecule has 1 aromatic heterocycles. The summed E-state index contributed by atoms with van der Waals surface area (Å²) in [7, 11) is 4.03. The van der Waals surface area contributed by atoms with Gasteiger partial charge in [-0.1, -0.05) is 6.07 Å². The number of amides is 1. The zero-order valence-corrected chi connectivity index (χ0v) is 19.3. The van der Waals surface area contributed by atoms with Gasteiger partial charge in [0.25, 0.3) is 5.91 Å². The summed E-state index contributed by atoms with van der Waals surface area (Å²) in [5, 5.41) is 18.9. The van der Waals surface area contributed by atoms with Gasteiger partial charge in [-0.3, -0.25) is 14.8 Å². The smallest absolute Gasteiger partial charge is 0.258 e. The van der Waals surface area contributed by atoms with Crippen molar-refractivity contribution >= 4 is 16.8 Å². The van der Waals surface area contributed by atoms with E-state index in [0.29, 0.717) is 30.8 Å². The first kappa shape index (κ1) is 21.7. The number of fused-ring (bicyclic) bond motifs is 2. The van der Waals surface area contributed by atoms with Crippen LogP contribution in [0.3, 0.4) is 0 Å². The molecule has 0 saturated carbocycles. The maximum absolute atomic E-state index is 13.4. The number of hydrogen-bond donors (Lipinski definition) is 2. The maximum Gasteiger partial charge on any atom is 0.258 e. The van der Waals surface area contributed by atoms with Crippen molar-refractivity contribution in [2.24, 2.45) is 0 Å². The number of aromatic hydroxyl groups is 1. The Labute approximate surface area is 193 Å². The number of ether oxygens (including phenoxy) is 1. The second kappa shape index (κ2) is 9.03. The van der Waals surface area contributed by atoms with Gasteiger partial charge in [-0.05, 0) is 69.4 Å². The third-order valence-corrected chi connectivity index (χ3v) is 6.56. The van der Waals surface area contributed by atoms with Gasteiger partial charge >= 0.3 is 0 Å². The molecule has 2 N–H and O–H groups in total. The van der Waals surface area contributed by atoms with Gasteiger partial charge in [-0.15, -0.1) is 0 Å². The summed E-state index contributed by atoms with van der Waals surface area (Å²) in [6.45, 7) is 5.43. The summed E-state index contributed by atoms with van der Waals surface area (Å²) < 4.78 is 5.85. The van der Waals surface area contributed by atoms with Gasteiger partial charge in [-0.2, -0.15) is 5.10 Å². The number of benzene rings is 2. The molecule has 0 bridgehead atoms. The van der Waals surface area contributed by atoms with Crippen LogP contribution in [0.15, 0.2) is 30.3 Å². The van der Waals surface area contributed by atoms with Crippen LogP contribution < -0.4 is 4.74 Å². The molecule has 3 aromatic rings. The molecule has 8 nitrogen and oxygen atoms in total. The second-order valence-corrected chi connectivity index (χ2v) is 9.32. The molecule has 1 amide bonds. The summed E-state index contributed by atoms with van der Waals surface area (Å²) in [4.78, 5) is 19.6. The molecule has 2 aromatic carbocycles. The van der Waals surface area contributed by atoms with E-state index < -0.39 is 0 Å². The SMILES string of the molecule is CN(C)CCOc1ccc2c(c1)CN(C(=O)c1cc3c(CN4CCCC4)[nH]nc3cc1O)C2. The van der Waals surface area contributed by atoms with Gasteiger partial charge in [0.15, 0.2) is 0 Å². The van der Waals surface area contributed by atoms with Crippen molar-refractivity contribution in [2.45, 2.75) is 32.5 Å². The highest BCUT2D eigenvalue weighted by molar-refractivity contribution is 6.01. The second-order valence-electron chi connectivity index (χ2n) is 9.32. The number of likely N-dealkylation sites (N-methyl/N-ethyl adjacent to an activating group) is 1. The van der Waals surface area contributed by atoms with Gasteiger partial charge in [0.1, 0.15) is 18.1 Å². The number of hydrogen-bond acceptors (Lipinski definition) is 6. The van der Waals surface area contributed by atoms with Crippen LogP contribution in [0.25, 0.3) is 10.9 Å². The summed E-state index contributed by atoms with van der Waals surface area (Å²) in [5.41, 5.74) is 4.20. The lowest BCUT2D eigenvalue weighted by molar-refractivity contribution is 0.0748. The number of carbonyl (C=O) groups excluding carboxylic acids is 1. The van der Waals surface area contributed by atoms with Gasteiger partial charge in [0, 0.05) is 37.6 Å². The molecule has 1 fully saturated rings. The zero-order valence-electron chi connectivity index (χ0n) is 19.3. The van der Waals surface area contributed by atoms with Crippen LogP contribution in [0.2, 0.25) is 0 Å². The molecule has 2 aliphatic heterocycles. The van der Waals surface area contributed by atoms with Crippen LogP contribution in [-0.2, 0) is 19.6 Å². The average Bonchev–Trinajstić information content (AvgIpc) is 3.53. The summed E-state index contributed by atoms with van der Waals surface area (Å²) in [5.74, 6) is 0.614. The van der Waals surface area contributed by atoms with E-state index in [2.05, 4.69) is 20.0 Å². The van der Waals surface area contributed by atoms with Crippen molar-refractivity contribution < 1.29 is 14.6 Å². The standard InChI is InChI=1S/C25H31N5O3/c1-28(2)9-10-33-19-6-5-17-14-30(15-18(17)11-19)25(32)21-12-20-22(13-24(21)31)26-27-23(20)16-29-7-3-4-8-29/h5-6,11-13,31H,3-4,7-10,14-16H2,1-2H3,(H,26,27). The number of nitrogens with zero attached hydrogens (tertiary/aromatic N) is 4. The van der Waals surface area contributed by atoms with Crippen LogP contribution >= 0.6 is 0 Å². The van der Waals surface area contributed by atoms with E-state index in [1.165, 1.54) is 12.8 Å². The Hall–Kier alpha value is -3.10. The van der Waals surface area contributed by atoms with Gasteiger partial charge < -0.3 is 19.6 Å². The van der Waals surface area contributed by atoms with Crippen molar-refractivity contribution in [2.75, 3.05) is 40.3 Å². The fourth-order valence-electron chi connectivity index (χ4n) is 4.68. The first-order chi connectivity index (χ1) is 16.0. The Kier molecular flexibility index (Phi) is 5.95. The topological polar surface area (TPSA) is 84.9 Å². The number of phenolic OH excluding ortho intramolecular Hbond substituents is 1. The molecular formula is C25H31N5O3. The number of phenols is 1. The molecule has 0 unspecified atom stereocenters.